The molecule has 1 fully saturated rings. The summed E-state index contributed by atoms with van der Waals surface area (Å²) in [5, 5.41) is 9.25. The van der Waals surface area contributed by atoms with Crippen molar-refractivity contribution in [1.29, 1.82) is 0 Å². The van der Waals surface area contributed by atoms with Gasteiger partial charge in [-0.15, -0.1) is 0 Å². The molecule has 1 saturated carbocycles. The Kier molecular flexibility index (Phi) is 2.40. The number of fused-ring (bicyclic) bond motifs is 1. The first-order valence-corrected chi connectivity index (χ1v) is 6.26. The predicted octanol–water partition coefficient (Wildman–Crippen LogP) is 2.92. The van der Waals surface area contributed by atoms with Gasteiger partial charge in [-0.1, -0.05) is 19.4 Å². The number of benzene rings is 1. The Morgan fingerprint density at radius 1 is 1.50 bits per heavy atom. The number of nitrogens with zero attached hydrogens (tertiary/aromatic N) is 2. The molecular formula is C14H16N2O2. The van der Waals surface area contributed by atoms with Crippen molar-refractivity contribution in [2.24, 2.45) is 5.41 Å². The topological polar surface area (TPSA) is 55.1 Å². The van der Waals surface area contributed by atoms with Crippen molar-refractivity contribution in [3.63, 3.8) is 0 Å². The highest BCUT2D eigenvalue weighted by Gasteiger charge is 2.32. The maximum Gasteiger partial charge on any atom is 0.337 e. The van der Waals surface area contributed by atoms with Gasteiger partial charge in [0.1, 0.15) is 0 Å². The fourth-order valence-corrected chi connectivity index (χ4v) is 2.77. The minimum Gasteiger partial charge on any atom is -0.478 e. The van der Waals surface area contributed by atoms with Gasteiger partial charge in [-0.25, -0.2) is 9.78 Å². The molecule has 1 aromatic carbocycles. The summed E-state index contributed by atoms with van der Waals surface area (Å²) in [4.78, 5) is 15.6. The van der Waals surface area contributed by atoms with E-state index in [1.54, 1.807) is 18.5 Å². The third-order valence-corrected chi connectivity index (χ3v) is 3.98. The molecule has 2 aromatic rings. The van der Waals surface area contributed by atoms with Crippen LogP contribution in [0.3, 0.4) is 0 Å². The first kappa shape index (κ1) is 11.3. The SMILES string of the molecule is CC1(Cn2cnc3cccc(C(=O)O)c32)CCC1. The smallest absolute Gasteiger partial charge is 0.337 e. The lowest BCUT2D eigenvalue weighted by Crippen LogP contribution is -2.30. The summed E-state index contributed by atoms with van der Waals surface area (Å²) in [5.41, 5.74) is 2.16. The van der Waals surface area contributed by atoms with E-state index in [4.69, 9.17) is 0 Å². The fraction of sp³-hybridized carbons (Fsp3) is 0.429. The zero-order valence-corrected chi connectivity index (χ0v) is 10.4. The molecule has 94 valence electrons. The third kappa shape index (κ3) is 1.68. The Bertz CT molecular complexity index is 611. The maximum atomic E-state index is 11.3. The van der Waals surface area contributed by atoms with E-state index in [0.29, 0.717) is 11.0 Å². The van der Waals surface area contributed by atoms with Crippen molar-refractivity contribution in [1.82, 2.24) is 9.55 Å². The highest BCUT2D eigenvalue weighted by atomic mass is 16.4. The summed E-state index contributed by atoms with van der Waals surface area (Å²) in [6.07, 6.45) is 5.46. The van der Waals surface area contributed by atoms with Crippen molar-refractivity contribution in [3.8, 4) is 0 Å². The van der Waals surface area contributed by atoms with Crippen LogP contribution in [0.25, 0.3) is 11.0 Å². The second-order valence-electron chi connectivity index (χ2n) is 5.52. The summed E-state index contributed by atoms with van der Waals surface area (Å²) in [5.74, 6) is -0.888. The Labute approximate surface area is 105 Å². The van der Waals surface area contributed by atoms with Gasteiger partial charge in [-0.3, -0.25) is 0 Å². The molecule has 0 bridgehead atoms. The molecular weight excluding hydrogens is 228 g/mol. The molecule has 0 unspecified atom stereocenters. The van der Waals surface area contributed by atoms with Gasteiger partial charge in [0.25, 0.3) is 0 Å². The van der Waals surface area contributed by atoms with E-state index < -0.39 is 5.97 Å². The van der Waals surface area contributed by atoms with E-state index >= 15 is 0 Å². The molecule has 4 heteroatoms. The number of aromatic carboxylic acids is 1. The van der Waals surface area contributed by atoms with Crippen LogP contribution in [0, 0.1) is 5.41 Å². The van der Waals surface area contributed by atoms with Crippen LogP contribution in [0.15, 0.2) is 24.5 Å². The lowest BCUT2D eigenvalue weighted by Gasteiger charge is -2.38. The van der Waals surface area contributed by atoms with Crippen LogP contribution in [-0.4, -0.2) is 20.6 Å². The van der Waals surface area contributed by atoms with Crippen LogP contribution >= 0.6 is 0 Å². The number of hydrogen-bond donors (Lipinski definition) is 1. The number of aromatic nitrogens is 2. The third-order valence-electron chi connectivity index (χ3n) is 3.98. The number of carboxylic acids is 1. The Morgan fingerprint density at radius 3 is 2.89 bits per heavy atom. The van der Waals surface area contributed by atoms with E-state index in [0.717, 1.165) is 17.6 Å². The minimum atomic E-state index is -0.888. The van der Waals surface area contributed by atoms with Crippen LogP contribution < -0.4 is 0 Å². The van der Waals surface area contributed by atoms with Gasteiger partial charge in [0.2, 0.25) is 0 Å². The summed E-state index contributed by atoms with van der Waals surface area (Å²) < 4.78 is 2.00. The molecule has 1 aromatic heterocycles. The fourth-order valence-electron chi connectivity index (χ4n) is 2.77. The summed E-state index contributed by atoms with van der Waals surface area (Å²) in [7, 11) is 0. The molecule has 3 rings (SSSR count). The van der Waals surface area contributed by atoms with Gasteiger partial charge in [0.05, 0.1) is 22.9 Å². The molecule has 1 aliphatic rings. The molecule has 0 atom stereocenters. The number of carbonyl (C=O) groups is 1. The van der Waals surface area contributed by atoms with Gasteiger partial charge in [-0.05, 0) is 30.4 Å². The van der Waals surface area contributed by atoms with Crippen molar-refractivity contribution in [2.75, 3.05) is 0 Å². The van der Waals surface area contributed by atoms with E-state index in [9.17, 15) is 9.90 Å². The molecule has 0 saturated heterocycles. The van der Waals surface area contributed by atoms with Crippen LogP contribution in [-0.2, 0) is 6.54 Å². The van der Waals surface area contributed by atoms with Crippen LogP contribution in [0.2, 0.25) is 0 Å². The molecule has 1 aliphatic carbocycles. The maximum absolute atomic E-state index is 11.3. The lowest BCUT2D eigenvalue weighted by molar-refractivity contribution is 0.0698. The summed E-state index contributed by atoms with van der Waals surface area (Å²) in [6.45, 7) is 3.11. The highest BCUT2D eigenvalue weighted by Crippen LogP contribution is 2.42. The van der Waals surface area contributed by atoms with Crippen LogP contribution in [0.5, 0.6) is 0 Å². The predicted molar refractivity (Wildman–Crippen MR) is 68.7 cm³/mol. The van der Waals surface area contributed by atoms with Crippen molar-refractivity contribution in [2.45, 2.75) is 32.7 Å². The largest absolute Gasteiger partial charge is 0.478 e. The lowest BCUT2D eigenvalue weighted by atomic mass is 9.70. The second-order valence-corrected chi connectivity index (χ2v) is 5.52. The summed E-state index contributed by atoms with van der Waals surface area (Å²) in [6, 6.07) is 5.25. The number of imidazole rings is 1. The standard InChI is InChI=1S/C14H16N2O2/c1-14(6-3-7-14)8-16-9-15-11-5-2-4-10(12(11)16)13(17)18/h2,4-5,9H,3,6-8H2,1H3,(H,17,18). The zero-order chi connectivity index (χ0) is 12.8. The van der Waals surface area contributed by atoms with Gasteiger partial charge in [0, 0.05) is 6.54 Å². The second kappa shape index (κ2) is 3.83. The molecule has 1 heterocycles. The number of hydrogen-bond acceptors (Lipinski definition) is 2. The molecule has 0 spiro atoms. The normalized spacial score (nSPS) is 17.6. The number of para-hydroxylation sites is 1. The van der Waals surface area contributed by atoms with E-state index in [2.05, 4.69) is 11.9 Å². The van der Waals surface area contributed by atoms with Gasteiger partial charge in [0.15, 0.2) is 0 Å². The quantitative estimate of drug-likeness (QED) is 0.903. The average Bonchev–Trinajstić information content (AvgIpc) is 2.70. The van der Waals surface area contributed by atoms with Gasteiger partial charge in [-0.2, -0.15) is 0 Å². The van der Waals surface area contributed by atoms with Crippen LogP contribution in [0.4, 0.5) is 0 Å². The van der Waals surface area contributed by atoms with E-state index in [1.165, 1.54) is 19.3 Å². The van der Waals surface area contributed by atoms with Crippen LogP contribution in [0.1, 0.15) is 36.5 Å². The van der Waals surface area contributed by atoms with Gasteiger partial charge < -0.3 is 9.67 Å². The number of rotatable bonds is 3. The Balaban J connectivity index is 2.09. The highest BCUT2D eigenvalue weighted by molar-refractivity contribution is 6.01. The average molecular weight is 244 g/mol. The molecule has 4 nitrogen and oxygen atoms in total. The van der Waals surface area contributed by atoms with Crippen molar-refractivity contribution in [3.05, 3.63) is 30.1 Å². The Morgan fingerprint density at radius 2 is 2.28 bits per heavy atom. The van der Waals surface area contributed by atoms with E-state index in [-0.39, 0.29) is 0 Å². The van der Waals surface area contributed by atoms with Crippen molar-refractivity contribution >= 4 is 17.0 Å². The van der Waals surface area contributed by atoms with Crippen molar-refractivity contribution < 1.29 is 9.90 Å². The molecule has 18 heavy (non-hydrogen) atoms. The molecule has 0 amide bonds. The first-order valence-electron chi connectivity index (χ1n) is 6.26. The van der Waals surface area contributed by atoms with E-state index in [1.807, 2.05) is 10.6 Å². The number of carboxylic acid groups (broad SMARTS) is 1. The monoisotopic (exact) mass is 244 g/mol. The molecule has 1 N–H and O–H groups in total. The zero-order valence-electron chi connectivity index (χ0n) is 10.4. The summed E-state index contributed by atoms with van der Waals surface area (Å²) >= 11 is 0. The molecule has 0 aliphatic heterocycles. The Hall–Kier alpha value is -1.84. The molecule has 0 radical (unpaired) electrons. The van der Waals surface area contributed by atoms with Gasteiger partial charge >= 0.3 is 5.97 Å². The minimum absolute atomic E-state index is 0.305. The first-order chi connectivity index (χ1) is 8.59.